The Bertz CT molecular complexity index is 353. The number of hydrogen-bond acceptors (Lipinski definition) is 1. The zero-order valence-electron chi connectivity index (χ0n) is 7.26. The lowest BCUT2D eigenvalue weighted by Gasteiger charge is -2.26. The summed E-state index contributed by atoms with van der Waals surface area (Å²) in [6.45, 7) is 0. The maximum Gasteiger partial charge on any atom is 0.460 e. The molecule has 0 radical (unpaired) electrons. The van der Waals surface area contributed by atoms with Gasteiger partial charge in [-0.05, 0) is 0 Å². The molecule has 0 saturated heterocycles. The maximum atomic E-state index is 12.3. The van der Waals surface area contributed by atoms with Crippen LogP contribution < -0.4 is 0 Å². The van der Waals surface area contributed by atoms with Gasteiger partial charge in [-0.15, -0.1) is 0 Å². The molecule has 100 valence electrons. The van der Waals surface area contributed by atoms with Crippen LogP contribution in [0.25, 0.3) is 0 Å². The van der Waals surface area contributed by atoms with Crippen molar-refractivity contribution in [1.29, 1.82) is 0 Å². The fourth-order valence-corrected chi connectivity index (χ4v) is 0.548. The van der Waals surface area contributed by atoms with Gasteiger partial charge in [-0.25, -0.2) is 9.18 Å². The molecule has 0 spiro atoms. The molecule has 0 unspecified atom stereocenters. The van der Waals surface area contributed by atoms with Crippen molar-refractivity contribution in [2.75, 3.05) is 0 Å². The average Bonchev–Trinajstić information content (AvgIpc) is 2.13. The second kappa shape index (κ2) is 4.11. The molecule has 0 fully saturated rings. The van der Waals surface area contributed by atoms with Crippen molar-refractivity contribution in [1.82, 2.24) is 0 Å². The van der Waals surface area contributed by atoms with Gasteiger partial charge in [0.15, 0.2) is 0 Å². The van der Waals surface area contributed by atoms with Gasteiger partial charge in [0.1, 0.15) is 0 Å². The highest BCUT2D eigenvalue weighted by atomic mass is 19.4. The largest absolute Gasteiger partial charge is 0.476 e. The molecule has 11 heteroatoms. The summed E-state index contributed by atoms with van der Waals surface area (Å²) < 4.78 is 107. The van der Waals surface area contributed by atoms with Crippen molar-refractivity contribution in [2.45, 2.75) is 18.0 Å². The summed E-state index contributed by atoms with van der Waals surface area (Å²) in [5.74, 6) is -24.1. The summed E-state index contributed by atoms with van der Waals surface area (Å²) in [5.41, 5.74) is 0. The lowest BCUT2D eigenvalue weighted by atomic mass is 10.1. The minimum atomic E-state index is -6.95. The minimum absolute atomic E-state index is 3.04. The summed E-state index contributed by atoms with van der Waals surface area (Å²) >= 11 is 0. The van der Waals surface area contributed by atoms with Gasteiger partial charge in [-0.2, -0.15) is 35.1 Å². The third kappa shape index (κ3) is 2.47. The Morgan fingerprint density at radius 1 is 0.882 bits per heavy atom. The molecule has 0 aromatic carbocycles. The van der Waals surface area contributed by atoms with Gasteiger partial charge < -0.3 is 5.11 Å². The van der Waals surface area contributed by atoms with Crippen LogP contribution in [-0.2, 0) is 4.79 Å². The van der Waals surface area contributed by atoms with Crippen LogP contribution in [-0.4, -0.2) is 29.1 Å². The standard InChI is InChI=1S/C6HF9O2/c7-1(3(16)17)2(8)4(9,10)5(11,12)6(13,14)15/h(H,16,17). The fourth-order valence-electron chi connectivity index (χ4n) is 0.548. The van der Waals surface area contributed by atoms with Gasteiger partial charge >= 0.3 is 24.0 Å². The smallest absolute Gasteiger partial charge is 0.460 e. The number of carboxylic acid groups (broad SMARTS) is 1. The molecule has 0 atom stereocenters. The molecular formula is C6HF9O2. The molecule has 0 bridgehead atoms. The highest BCUT2D eigenvalue weighted by Gasteiger charge is 2.75. The van der Waals surface area contributed by atoms with Gasteiger partial charge in [-0.3, -0.25) is 0 Å². The zero-order chi connectivity index (χ0) is 14.2. The molecule has 0 aromatic heterocycles. The Morgan fingerprint density at radius 3 is 1.47 bits per heavy atom. The summed E-state index contributed by atoms with van der Waals surface area (Å²) in [4.78, 5) is 9.63. The van der Waals surface area contributed by atoms with Gasteiger partial charge in [0.2, 0.25) is 11.7 Å². The first-order valence-electron chi connectivity index (χ1n) is 3.38. The number of alkyl halides is 7. The molecule has 0 aliphatic rings. The second-order valence-electron chi connectivity index (χ2n) is 2.58. The lowest BCUT2D eigenvalue weighted by molar-refractivity contribution is -0.348. The van der Waals surface area contributed by atoms with E-state index in [2.05, 4.69) is 0 Å². The van der Waals surface area contributed by atoms with E-state index in [4.69, 9.17) is 5.11 Å². The van der Waals surface area contributed by atoms with Crippen molar-refractivity contribution in [2.24, 2.45) is 0 Å². The Balaban J connectivity index is 5.74. The number of carbonyl (C=O) groups is 1. The lowest BCUT2D eigenvalue weighted by Crippen LogP contribution is -2.52. The summed E-state index contributed by atoms with van der Waals surface area (Å²) in [6, 6.07) is 0. The maximum absolute atomic E-state index is 12.3. The predicted octanol–water partition coefficient (Wildman–Crippen LogP) is 3.05. The highest BCUT2D eigenvalue weighted by molar-refractivity contribution is 5.84. The number of carboxylic acids is 1. The van der Waals surface area contributed by atoms with Gasteiger partial charge in [0, 0.05) is 0 Å². The van der Waals surface area contributed by atoms with Crippen LogP contribution in [0.4, 0.5) is 39.5 Å². The summed E-state index contributed by atoms with van der Waals surface area (Å²) in [7, 11) is 0. The third-order valence-electron chi connectivity index (χ3n) is 1.41. The van der Waals surface area contributed by atoms with Crippen LogP contribution in [0.1, 0.15) is 0 Å². The van der Waals surface area contributed by atoms with Crippen LogP contribution in [0.2, 0.25) is 0 Å². The van der Waals surface area contributed by atoms with Crippen LogP contribution in [0, 0.1) is 0 Å². The summed E-state index contributed by atoms with van der Waals surface area (Å²) in [6.07, 6.45) is -6.88. The zero-order valence-corrected chi connectivity index (χ0v) is 7.26. The van der Waals surface area contributed by atoms with Crippen LogP contribution in [0.3, 0.4) is 0 Å². The van der Waals surface area contributed by atoms with E-state index >= 15 is 0 Å². The van der Waals surface area contributed by atoms with Gasteiger partial charge in [0.25, 0.3) is 0 Å². The van der Waals surface area contributed by atoms with Crippen LogP contribution >= 0.6 is 0 Å². The van der Waals surface area contributed by atoms with E-state index in [1.165, 1.54) is 0 Å². The molecule has 0 aromatic rings. The van der Waals surface area contributed by atoms with Crippen molar-refractivity contribution >= 4 is 5.97 Å². The normalized spacial score (nSPS) is 15.6. The van der Waals surface area contributed by atoms with E-state index < -0.39 is 35.6 Å². The molecule has 0 aliphatic carbocycles. The Kier molecular flexibility index (Phi) is 3.77. The first-order chi connectivity index (χ1) is 7.26. The van der Waals surface area contributed by atoms with E-state index in [1.807, 2.05) is 0 Å². The third-order valence-corrected chi connectivity index (χ3v) is 1.41. The Labute approximate surface area is 86.3 Å². The van der Waals surface area contributed by atoms with E-state index in [0.717, 1.165) is 0 Å². The van der Waals surface area contributed by atoms with E-state index in [-0.39, 0.29) is 0 Å². The minimum Gasteiger partial charge on any atom is -0.476 e. The molecule has 17 heavy (non-hydrogen) atoms. The van der Waals surface area contributed by atoms with Gasteiger partial charge in [0.05, 0.1) is 0 Å². The number of halogens is 9. The number of allylic oxidation sites excluding steroid dienone is 1. The van der Waals surface area contributed by atoms with Crippen LogP contribution in [0.15, 0.2) is 11.7 Å². The average molecular weight is 276 g/mol. The van der Waals surface area contributed by atoms with Gasteiger partial charge in [-0.1, -0.05) is 0 Å². The monoisotopic (exact) mass is 276 g/mol. The van der Waals surface area contributed by atoms with Crippen molar-refractivity contribution < 1.29 is 49.4 Å². The first-order valence-corrected chi connectivity index (χ1v) is 3.38. The molecule has 0 heterocycles. The first kappa shape index (κ1) is 15.6. The fraction of sp³-hybridized carbons (Fsp3) is 0.500. The molecular weight excluding hydrogens is 275 g/mol. The SMILES string of the molecule is O=C(O)C(F)=C(F)C(F)(F)C(F)(F)C(F)(F)F. The molecule has 0 rings (SSSR count). The second-order valence-corrected chi connectivity index (χ2v) is 2.58. The molecule has 0 aliphatic heterocycles. The molecule has 0 amide bonds. The summed E-state index contributed by atoms with van der Waals surface area (Å²) in [5, 5.41) is 7.65. The van der Waals surface area contributed by atoms with E-state index in [1.54, 1.807) is 0 Å². The van der Waals surface area contributed by atoms with E-state index in [0.29, 0.717) is 0 Å². The molecule has 1 N–H and O–H groups in total. The molecule has 2 nitrogen and oxygen atoms in total. The molecule has 0 saturated carbocycles. The number of aliphatic carboxylic acids is 1. The van der Waals surface area contributed by atoms with Crippen LogP contribution in [0.5, 0.6) is 0 Å². The number of rotatable bonds is 3. The number of hydrogen-bond donors (Lipinski definition) is 1. The van der Waals surface area contributed by atoms with Crippen molar-refractivity contribution in [3.05, 3.63) is 11.7 Å². The predicted molar refractivity (Wildman–Crippen MR) is 32.8 cm³/mol. The van der Waals surface area contributed by atoms with Crippen molar-refractivity contribution in [3.63, 3.8) is 0 Å². The Morgan fingerprint density at radius 2 is 1.24 bits per heavy atom. The quantitative estimate of drug-likeness (QED) is 0.635. The van der Waals surface area contributed by atoms with Crippen molar-refractivity contribution in [3.8, 4) is 0 Å². The Hall–Kier alpha value is -1.42. The topological polar surface area (TPSA) is 37.3 Å². The highest BCUT2D eigenvalue weighted by Crippen LogP contribution is 2.50. The van der Waals surface area contributed by atoms with E-state index in [9.17, 15) is 44.3 Å².